The van der Waals surface area contributed by atoms with E-state index in [-0.39, 0.29) is 12.1 Å². The maximum atomic E-state index is 11.9. The van der Waals surface area contributed by atoms with Crippen LogP contribution in [-0.2, 0) is 0 Å². The van der Waals surface area contributed by atoms with E-state index in [0.29, 0.717) is 17.9 Å². The zero-order valence-electron chi connectivity index (χ0n) is 10.8. The van der Waals surface area contributed by atoms with Gasteiger partial charge in [0.2, 0.25) is 0 Å². The summed E-state index contributed by atoms with van der Waals surface area (Å²) in [5, 5.41) is 7.17. The van der Waals surface area contributed by atoms with Crippen molar-refractivity contribution in [3.8, 4) is 0 Å². The van der Waals surface area contributed by atoms with Gasteiger partial charge in [-0.1, -0.05) is 6.92 Å². The first kappa shape index (κ1) is 12.0. The number of rotatable bonds is 4. The van der Waals surface area contributed by atoms with Crippen molar-refractivity contribution in [2.45, 2.75) is 45.2 Å². The predicted octanol–water partition coefficient (Wildman–Crippen LogP) is 2.61. The van der Waals surface area contributed by atoms with E-state index in [4.69, 9.17) is 0 Å². The number of carbonyl (C=O) groups excluding carboxylic acids is 1. The Kier molecular flexibility index (Phi) is 3.01. The Labute approximate surface area is 111 Å². The largest absolute Gasteiger partial charge is 0.335 e. The first-order valence-corrected chi connectivity index (χ1v) is 7.44. The summed E-state index contributed by atoms with van der Waals surface area (Å²) in [4.78, 5) is 17.5. The normalized spacial score (nSPS) is 27.7. The lowest BCUT2D eigenvalue weighted by molar-refractivity contribution is 0.234. The lowest BCUT2D eigenvalue weighted by Crippen LogP contribution is -2.40. The highest BCUT2D eigenvalue weighted by Gasteiger charge is 2.38. The second kappa shape index (κ2) is 4.53. The second-order valence-corrected chi connectivity index (χ2v) is 6.83. The van der Waals surface area contributed by atoms with Gasteiger partial charge in [0.1, 0.15) is 5.01 Å². The number of hydrogen-bond donors (Lipinski definition) is 2. The van der Waals surface area contributed by atoms with Gasteiger partial charge < -0.3 is 10.6 Å². The summed E-state index contributed by atoms with van der Waals surface area (Å²) in [6.07, 6.45) is 5.39. The van der Waals surface area contributed by atoms with Gasteiger partial charge in [-0.3, -0.25) is 0 Å². The summed E-state index contributed by atoms with van der Waals surface area (Å²) in [6, 6.07) is 0.453. The van der Waals surface area contributed by atoms with E-state index in [1.54, 1.807) is 11.3 Å². The van der Waals surface area contributed by atoms with Crippen LogP contribution in [0.15, 0.2) is 6.20 Å². The van der Waals surface area contributed by atoms with Gasteiger partial charge in [-0.2, -0.15) is 0 Å². The zero-order valence-corrected chi connectivity index (χ0v) is 11.6. The smallest absolute Gasteiger partial charge is 0.315 e. The Morgan fingerprint density at radius 1 is 1.56 bits per heavy atom. The average molecular weight is 265 g/mol. The van der Waals surface area contributed by atoms with Crippen LogP contribution < -0.4 is 10.6 Å². The fraction of sp³-hybridized carbons (Fsp3) is 0.692. The highest BCUT2D eigenvalue weighted by molar-refractivity contribution is 7.11. The van der Waals surface area contributed by atoms with Crippen molar-refractivity contribution in [1.29, 1.82) is 0 Å². The highest BCUT2D eigenvalue weighted by Crippen LogP contribution is 2.42. The van der Waals surface area contributed by atoms with Gasteiger partial charge in [0.25, 0.3) is 0 Å². The topological polar surface area (TPSA) is 54.0 Å². The second-order valence-electron chi connectivity index (χ2n) is 5.56. The van der Waals surface area contributed by atoms with Crippen molar-refractivity contribution in [3.63, 3.8) is 0 Å². The van der Waals surface area contributed by atoms with Gasteiger partial charge in [0, 0.05) is 17.1 Å². The zero-order chi connectivity index (χ0) is 12.7. The minimum Gasteiger partial charge on any atom is -0.335 e. The molecule has 0 bridgehead atoms. The molecule has 1 aromatic rings. The first-order valence-electron chi connectivity index (χ1n) is 6.63. The lowest BCUT2D eigenvalue weighted by Gasteiger charge is -2.16. The maximum absolute atomic E-state index is 11.9. The van der Waals surface area contributed by atoms with E-state index in [0.717, 1.165) is 11.4 Å². The fourth-order valence-electron chi connectivity index (χ4n) is 2.20. The number of amides is 2. The van der Waals surface area contributed by atoms with E-state index < -0.39 is 0 Å². The summed E-state index contributed by atoms with van der Waals surface area (Å²) in [6.45, 7) is 4.21. The minimum atomic E-state index is -0.0332. The van der Waals surface area contributed by atoms with Gasteiger partial charge in [0.15, 0.2) is 0 Å². The first-order chi connectivity index (χ1) is 8.63. The molecule has 0 radical (unpaired) electrons. The van der Waals surface area contributed by atoms with Crippen LogP contribution in [0.5, 0.6) is 0 Å². The molecule has 4 nitrogen and oxygen atoms in total. The van der Waals surface area contributed by atoms with Crippen LogP contribution in [0.3, 0.4) is 0 Å². The van der Waals surface area contributed by atoms with E-state index in [2.05, 4.69) is 29.5 Å². The molecule has 2 fully saturated rings. The van der Waals surface area contributed by atoms with Gasteiger partial charge in [-0.05, 0) is 38.0 Å². The number of carbonyl (C=O) groups is 1. The van der Waals surface area contributed by atoms with E-state index in [1.807, 2.05) is 6.20 Å². The van der Waals surface area contributed by atoms with Crippen molar-refractivity contribution in [3.05, 3.63) is 16.1 Å². The fourth-order valence-corrected chi connectivity index (χ4v) is 3.12. The predicted molar refractivity (Wildman–Crippen MR) is 71.6 cm³/mol. The molecule has 0 aromatic carbocycles. The van der Waals surface area contributed by atoms with Crippen LogP contribution in [-0.4, -0.2) is 17.1 Å². The molecule has 0 saturated heterocycles. The Hall–Kier alpha value is -1.10. The number of aromatic nitrogens is 1. The summed E-state index contributed by atoms with van der Waals surface area (Å²) in [7, 11) is 0. The quantitative estimate of drug-likeness (QED) is 0.879. The van der Waals surface area contributed by atoms with Crippen molar-refractivity contribution in [1.82, 2.24) is 15.6 Å². The summed E-state index contributed by atoms with van der Waals surface area (Å²) in [5.74, 6) is 1.22. The number of hydrogen-bond acceptors (Lipinski definition) is 3. The molecule has 0 aliphatic heterocycles. The van der Waals surface area contributed by atoms with Crippen molar-refractivity contribution < 1.29 is 4.79 Å². The summed E-state index contributed by atoms with van der Waals surface area (Å²) >= 11 is 1.69. The minimum absolute atomic E-state index is 0.0332. The monoisotopic (exact) mass is 265 g/mol. The highest BCUT2D eigenvalue weighted by atomic mass is 32.1. The summed E-state index contributed by atoms with van der Waals surface area (Å²) in [5.41, 5.74) is 0. The summed E-state index contributed by atoms with van der Waals surface area (Å²) < 4.78 is 0. The van der Waals surface area contributed by atoms with Crippen molar-refractivity contribution >= 4 is 17.4 Å². The average Bonchev–Trinajstić information content (AvgIpc) is 3.21. The number of thiazole rings is 1. The number of nitrogens with one attached hydrogen (secondary N) is 2. The Bertz CT molecular complexity index is 455. The molecule has 3 unspecified atom stereocenters. The molecule has 0 spiro atoms. The molecule has 1 aromatic heterocycles. The Balaban J connectivity index is 1.61. The molecule has 2 aliphatic rings. The molecule has 5 heteroatoms. The molecule has 18 heavy (non-hydrogen) atoms. The van der Waals surface area contributed by atoms with Crippen LogP contribution >= 0.6 is 11.3 Å². The Morgan fingerprint density at radius 3 is 2.78 bits per heavy atom. The molecule has 2 aliphatic carbocycles. The van der Waals surface area contributed by atoms with E-state index in [1.165, 1.54) is 17.7 Å². The van der Waals surface area contributed by atoms with Gasteiger partial charge in [-0.15, -0.1) is 11.3 Å². The molecule has 1 heterocycles. The molecule has 3 atom stereocenters. The molecule has 2 amide bonds. The SMILES string of the molecule is Cc1cnc(C(NC(=O)NC2CC2C)C2CC2)s1. The van der Waals surface area contributed by atoms with Gasteiger partial charge in [0.05, 0.1) is 6.04 Å². The molecule has 2 N–H and O–H groups in total. The third-order valence-electron chi connectivity index (χ3n) is 3.71. The standard InChI is InChI=1S/C13H19N3OS/c1-7-5-10(7)15-13(17)16-11(9-3-4-9)12-14-6-8(2)18-12/h6-7,9-11H,3-5H2,1-2H3,(H2,15,16,17). The van der Waals surface area contributed by atoms with Crippen molar-refractivity contribution in [2.75, 3.05) is 0 Å². The van der Waals surface area contributed by atoms with E-state index >= 15 is 0 Å². The van der Waals surface area contributed by atoms with Gasteiger partial charge in [-0.25, -0.2) is 9.78 Å². The Morgan fingerprint density at radius 2 is 2.28 bits per heavy atom. The number of nitrogens with zero attached hydrogens (tertiary/aromatic N) is 1. The van der Waals surface area contributed by atoms with E-state index in [9.17, 15) is 4.79 Å². The number of urea groups is 1. The molecule has 2 saturated carbocycles. The third-order valence-corrected chi connectivity index (χ3v) is 4.71. The van der Waals surface area contributed by atoms with Crippen LogP contribution in [0.4, 0.5) is 4.79 Å². The van der Waals surface area contributed by atoms with Gasteiger partial charge >= 0.3 is 6.03 Å². The lowest BCUT2D eigenvalue weighted by atomic mass is 10.2. The maximum Gasteiger partial charge on any atom is 0.315 e. The molecule has 3 rings (SSSR count). The van der Waals surface area contributed by atoms with Crippen LogP contribution in [0, 0.1) is 18.8 Å². The van der Waals surface area contributed by atoms with Crippen LogP contribution in [0.1, 0.15) is 42.1 Å². The van der Waals surface area contributed by atoms with Crippen LogP contribution in [0.2, 0.25) is 0 Å². The van der Waals surface area contributed by atoms with Crippen molar-refractivity contribution in [2.24, 2.45) is 11.8 Å². The molecular weight excluding hydrogens is 246 g/mol. The third kappa shape index (κ3) is 2.66. The molecule has 98 valence electrons. The number of aryl methyl sites for hydroxylation is 1. The van der Waals surface area contributed by atoms with Crippen LogP contribution in [0.25, 0.3) is 0 Å². The molecular formula is C13H19N3OS.